The highest BCUT2D eigenvalue weighted by Crippen LogP contribution is 2.23. The fourth-order valence-corrected chi connectivity index (χ4v) is 3.34. The van der Waals surface area contributed by atoms with Crippen molar-refractivity contribution in [3.63, 3.8) is 0 Å². The molecule has 3 rings (SSSR count). The molecule has 1 amide bonds. The number of hydrogen-bond donors (Lipinski definition) is 1. The van der Waals surface area contributed by atoms with E-state index in [2.05, 4.69) is 15.2 Å². The Bertz CT molecular complexity index is 837. The van der Waals surface area contributed by atoms with Crippen LogP contribution in [0, 0.1) is 19.8 Å². The molecule has 0 saturated heterocycles. The van der Waals surface area contributed by atoms with E-state index in [1.54, 1.807) is 21.3 Å². The second-order valence-corrected chi connectivity index (χ2v) is 6.50. The van der Waals surface area contributed by atoms with Crippen molar-refractivity contribution in [2.75, 3.05) is 6.54 Å². The molecular formula is C16H22N6O3. The number of nitrogens with zero attached hydrogens (tertiary/aromatic N) is 6. The van der Waals surface area contributed by atoms with Crippen LogP contribution < -0.4 is 0 Å². The average molecular weight is 346 g/mol. The second kappa shape index (κ2) is 6.30. The second-order valence-electron chi connectivity index (χ2n) is 6.50. The molecule has 0 fully saturated rings. The number of carbonyl (C=O) groups excluding carboxylic acids is 1. The minimum absolute atomic E-state index is 0.0154. The molecule has 0 saturated carbocycles. The first-order chi connectivity index (χ1) is 11.8. The summed E-state index contributed by atoms with van der Waals surface area (Å²) < 4.78 is 3.34. The number of carboxylic acids is 1. The summed E-state index contributed by atoms with van der Waals surface area (Å²) >= 11 is 0. The highest BCUT2D eigenvalue weighted by molar-refractivity contribution is 5.88. The van der Waals surface area contributed by atoms with Crippen molar-refractivity contribution in [1.29, 1.82) is 0 Å². The van der Waals surface area contributed by atoms with Gasteiger partial charge < -0.3 is 10.0 Å². The first-order valence-electron chi connectivity index (χ1n) is 8.22. The number of aryl methyl sites for hydroxylation is 3. The molecular weight excluding hydrogens is 324 g/mol. The van der Waals surface area contributed by atoms with Gasteiger partial charge in [-0.2, -0.15) is 10.2 Å². The van der Waals surface area contributed by atoms with Gasteiger partial charge in [-0.15, -0.1) is 0 Å². The lowest BCUT2D eigenvalue weighted by Gasteiger charge is -2.29. The Kier molecular flexibility index (Phi) is 4.32. The smallest absolute Gasteiger partial charge is 0.356 e. The monoisotopic (exact) mass is 346 g/mol. The predicted molar refractivity (Wildman–Crippen MR) is 87.9 cm³/mol. The molecule has 9 nitrogen and oxygen atoms in total. The zero-order valence-electron chi connectivity index (χ0n) is 14.9. The van der Waals surface area contributed by atoms with E-state index in [1.807, 2.05) is 20.8 Å². The molecule has 134 valence electrons. The third kappa shape index (κ3) is 3.13. The SMILES string of the molecule is Cc1nc(C)n(C[C@H](C)C(=O)N2CCc3c(c(C(=O)O)nn3C)C2)n1. The Morgan fingerprint density at radius 3 is 2.60 bits per heavy atom. The van der Waals surface area contributed by atoms with E-state index in [9.17, 15) is 14.7 Å². The molecule has 0 bridgehead atoms. The number of carboxylic acid groups (broad SMARTS) is 1. The lowest BCUT2D eigenvalue weighted by Crippen LogP contribution is -2.40. The third-order valence-corrected chi connectivity index (χ3v) is 4.59. The standard InChI is InChI=1S/C16H22N6O3/c1-9(7-22-11(3)17-10(2)18-22)15(23)21-6-5-13-12(8-21)14(16(24)25)19-20(13)4/h9H,5-8H2,1-4H3,(H,24,25)/t9-/m0/s1. The maximum atomic E-state index is 12.8. The van der Waals surface area contributed by atoms with Crippen molar-refractivity contribution >= 4 is 11.9 Å². The van der Waals surface area contributed by atoms with Crippen molar-refractivity contribution in [1.82, 2.24) is 29.4 Å². The van der Waals surface area contributed by atoms with Crippen LogP contribution in [0.2, 0.25) is 0 Å². The largest absolute Gasteiger partial charge is 0.476 e. The third-order valence-electron chi connectivity index (χ3n) is 4.59. The highest BCUT2D eigenvalue weighted by Gasteiger charge is 2.31. The Morgan fingerprint density at radius 2 is 2.00 bits per heavy atom. The Morgan fingerprint density at radius 1 is 1.28 bits per heavy atom. The zero-order chi connectivity index (χ0) is 18.3. The summed E-state index contributed by atoms with van der Waals surface area (Å²) in [6.07, 6.45) is 0.603. The van der Waals surface area contributed by atoms with E-state index < -0.39 is 5.97 Å². The summed E-state index contributed by atoms with van der Waals surface area (Å²) in [6.45, 7) is 6.83. The van der Waals surface area contributed by atoms with Crippen molar-refractivity contribution in [2.24, 2.45) is 13.0 Å². The molecule has 0 spiro atoms. The van der Waals surface area contributed by atoms with Gasteiger partial charge in [0.15, 0.2) is 5.69 Å². The van der Waals surface area contributed by atoms with Crippen molar-refractivity contribution in [3.05, 3.63) is 28.6 Å². The maximum absolute atomic E-state index is 12.8. The number of aromatic carboxylic acids is 1. The molecule has 9 heteroatoms. The number of amides is 1. The van der Waals surface area contributed by atoms with Crippen LogP contribution in [0.3, 0.4) is 0 Å². The fraction of sp³-hybridized carbons (Fsp3) is 0.562. The van der Waals surface area contributed by atoms with Crippen LogP contribution >= 0.6 is 0 Å². The first kappa shape index (κ1) is 17.1. The number of fused-ring (bicyclic) bond motifs is 1. The van der Waals surface area contributed by atoms with Gasteiger partial charge in [-0.05, 0) is 13.8 Å². The molecule has 3 heterocycles. The van der Waals surface area contributed by atoms with Crippen LogP contribution in [-0.4, -0.2) is 53.0 Å². The van der Waals surface area contributed by atoms with Gasteiger partial charge >= 0.3 is 5.97 Å². The lowest BCUT2D eigenvalue weighted by molar-refractivity contribution is -0.136. The Labute approximate surface area is 145 Å². The van der Waals surface area contributed by atoms with Crippen molar-refractivity contribution in [2.45, 2.75) is 40.3 Å². The number of aromatic nitrogens is 5. The Balaban J connectivity index is 1.76. The fourth-order valence-electron chi connectivity index (χ4n) is 3.34. The summed E-state index contributed by atoms with van der Waals surface area (Å²) in [5.74, 6) is 0.109. The van der Waals surface area contributed by atoms with E-state index >= 15 is 0 Å². The quantitative estimate of drug-likeness (QED) is 0.866. The van der Waals surface area contributed by atoms with Gasteiger partial charge in [0.2, 0.25) is 5.91 Å². The maximum Gasteiger partial charge on any atom is 0.356 e. The lowest BCUT2D eigenvalue weighted by atomic mass is 10.0. The minimum Gasteiger partial charge on any atom is -0.476 e. The molecule has 0 aliphatic carbocycles. The van der Waals surface area contributed by atoms with E-state index in [-0.39, 0.29) is 24.1 Å². The zero-order valence-corrected chi connectivity index (χ0v) is 14.9. The van der Waals surface area contributed by atoms with Crippen LogP contribution in [0.4, 0.5) is 0 Å². The summed E-state index contributed by atoms with van der Waals surface area (Å²) in [7, 11) is 1.74. The van der Waals surface area contributed by atoms with E-state index in [0.29, 0.717) is 30.9 Å². The summed E-state index contributed by atoms with van der Waals surface area (Å²) in [6, 6.07) is 0. The molecule has 0 unspecified atom stereocenters. The molecule has 0 aromatic carbocycles. The van der Waals surface area contributed by atoms with E-state index in [0.717, 1.165) is 11.5 Å². The summed E-state index contributed by atoms with van der Waals surface area (Å²) in [5.41, 5.74) is 1.55. The molecule has 1 aliphatic heterocycles. The van der Waals surface area contributed by atoms with Gasteiger partial charge in [-0.25, -0.2) is 14.5 Å². The van der Waals surface area contributed by atoms with E-state index in [1.165, 1.54) is 0 Å². The van der Waals surface area contributed by atoms with Gasteiger partial charge in [0, 0.05) is 37.8 Å². The van der Waals surface area contributed by atoms with Gasteiger partial charge in [-0.3, -0.25) is 9.48 Å². The first-order valence-corrected chi connectivity index (χ1v) is 8.22. The number of carbonyl (C=O) groups is 2. The molecule has 25 heavy (non-hydrogen) atoms. The van der Waals surface area contributed by atoms with Gasteiger partial charge in [0.05, 0.1) is 12.5 Å². The topological polar surface area (TPSA) is 106 Å². The Hall–Kier alpha value is -2.71. The molecule has 1 N–H and O–H groups in total. The van der Waals surface area contributed by atoms with Gasteiger partial charge in [0.1, 0.15) is 11.6 Å². The normalized spacial score (nSPS) is 15.1. The van der Waals surface area contributed by atoms with Crippen molar-refractivity contribution in [3.8, 4) is 0 Å². The summed E-state index contributed by atoms with van der Waals surface area (Å²) in [5, 5.41) is 17.7. The summed E-state index contributed by atoms with van der Waals surface area (Å²) in [4.78, 5) is 30.1. The number of rotatable bonds is 4. The molecule has 2 aromatic heterocycles. The van der Waals surface area contributed by atoms with Crippen LogP contribution in [-0.2, 0) is 31.4 Å². The van der Waals surface area contributed by atoms with Crippen LogP contribution in [0.15, 0.2) is 0 Å². The van der Waals surface area contributed by atoms with Gasteiger partial charge in [-0.1, -0.05) is 6.92 Å². The molecule has 1 atom stereocenters. The van der Waals surface area contributed by atoms with E-state index in [4.69, 9.17) is 0 Å². The molecule has 0 radical (unpaired) electrons. The number of hydrogen-bond acceptors (Lipinski definition) is 5. The molecule has 1 aliphatic rings. The highest BCUT2D eigenvalue weighted by atomic mass is 16.4. The predicted octanol–water partition coefficient (Wildman–Crippen LogP) is 0.548. The molecule has 2 aromatic rings. The van der Waals surface area contributed by atoms with Gasteiger partial charge in [0.25, 0.3) is 0 Å². The van der Waals surface area contributed by atoms with Crippen molar-refractivity contribution < 1.29 is 14.7 Å². The minimum atomic E-state index is -1.06. The van der Waals surface area contributed by atoms with Crippen LogP contribution in [0.25, 0.3) is 0 Å². The van der Waals surface area contributed by atoms with Crippen LogP contribution in [0.1, 0.15) is 40.3 Å². The van der Waals surface area contributed by atoms with Crippen LogP contribution in [0.5, 0.6) is 0 Å². The average Bonchev–Trinajstić information content (AvgIpc) is 3.05.